The molecular formula is C19H29NO2. The number of benzene rings is 1. The van der Waals surface area contributed by atoms with Crippen LogP contribution in [0.4, 0.5) is 0 Å². The summed E-state index contributed by atoms with van der Waals surface area (Å²) in [6, 6.07) is 11.3. The van der Waals surface area contributed by atoms with Crippen molar-refractivity contribution < 1.29 is 9.90 Å². The lowest BCUT2D eigenvalue weighted by Crippen LogP contribution is -2.31. The Morgan fingerprint density at radius 2 is 1.86 bits per heavy atom. The van der Waals surface area contributed by atoms with E-state index in [9.17, 15) is 4.79 Å². The lowest BCUT2D eigenvalue weighted by molar-refractivity contribution is -0.137. The van der Waals surface area contributed by atoms with Gasteiger partial charge in [0.15, 0.2) is 0 Å². The fourth-order valence-corrected chi connectivity index (χ4v) is 3.53. The number of rotatable bonds is 10. The van der Waals surface area contributed by atoms with Gasteiger partial charge in [0, 0.05) is 19.0 Å². The number of hydrogen-bond donors (Lipinski definition) is 2. The molecule has 2 rings (SSSR count). The van der Waals surface area contributed by atoms with Crippen molar-refractivity contribution in [3.8, 4) is 0 Å². The van der Waals surface area contributed by atoms with Gasteiger partial charge in [0.1, 0.15) is 0 Å². The molecule has 1 aromatic rings. The van der Waals surface area contributed by atoms with Crippen LogP contribution in [0.1, 0.15) is 63.4 Å². The molecule has 0 bridgehead atoms. The Labute approximate surface area is 134 Å². The van der Waals surface area contributed by atoms with Crippen LogP contribution in [0.25, 0.3) is 0 Å². The molecule has 0 heterocycles. The average molecular weight is 303 g/mol. The molecule has 0 unspecified atom stereocenters. The number of carboxylic acid groups (broad SMARTS) is 1. The number of nitrogens with one attached hydrogen (secondary N) is 1. The van der Waals surface area contributed by atoms with Crippen LogP contribution in [0.15, 0.2) is 30.3 Å². The van der Waals surface area contributed by atoms with Gasteiger partial charge in [0.25, 0.3) is 0 Å². The summed E-state index contributed by atoms with van der Waals surface area (Å²) >= 11 is 0. The van der Waals surface area contributed by atoms with E-state index in [2.05, 4.69) is 35.6 Å². The Bertz CT molecular complexity index is 432. The van der Waals surface area contributed by atoms with Crippen molar-refractivity contribution in [2.24, 2.45) is 5.92 Å². The molecule has 1 aliphatic rings. The topological polar surface area (TPSA) is 49.3 Å². The molecule has 0 aliphatic heterocycles. The molecule has 1 saturated carbocycles. The average Bonchev–Trinajstić information content (AvgIpc) is 2.97. The minimum Gasteiger partial charge on any atom is -0.481 e. The molecule has 3 heteroatoms. The Morgan fingerprint density at radius 3 is 2.64 bits per heavy atom. The molecule has 122 valence electrons. The van der Waals surface area contributed by atoms with E-state index in [0.29, 0.717) is 12.5 Å². The van der Waals surface area contributed by atoms with Crippen LogP contribution < -0.4 is 5.32 Å². The first-order chi connectivity index (χ1) is 10.8. The first kappa shape index (κ1) is 17.0. The fraction of sp³-hybridized carbons (Fsp3) is 0.632. The Morgan fingerprint density at radius 1 is 1.09 bits per heavy atom. The summed E-state index contributed by atoms with van der Waals surface area (Å²) in [6.45, 7) is 0.973. The number of carbonyl (C=O) groups is 1. The van der Waals surface area contributed by atoms with Crippen LogP contribution in [0, 0.1) is 5.92 Å². The van der Waals surface area contributed by atoms with Gasteiger partial charge in [-0.3, -0.25) is 4.79 Å². The van der Waals surface area contributed by atoms with Crippen LogP contribution in [0.2, 0.25) is 0 Å². The van der Waals surface area contributed by atoms with Gasteiger partial charge in [-0.15, -0.1) is 0 Å². The maximum absolute atomic E-state index is 10.5. The molecule has 2 N–H and O–H groups in total. The number of carboxylic acids is 1. The highest BCUT2D eigenvalue weighted by Crippen LogP contribution is 2.30. The minimum atomic E-state index is -0.666. The lowest BCUT2D eigenvalue weighted by atomic mass is 9.95. The van der Waals surface area contributed by atoms with Gasteiger partial charge in [0.2, 0.25) is 0 Å². The van der Waals surface area contributed by atoms with Gasteiger partial charge < -0.3 is 10.4 Å². The second kappa shape index (κ2) is 9.62. The maximum atomic E-state index is 10.5. The normalized spacial score (nSPS) is 21.1. The van der Waals surface area contributed by atoms with E-state index >= 15 is 0 Å². The van der Waals surface area contributed by atoms with Crippen molar-refractivity contribution in [3.63, 3.8) is 0 Å². The van der Waals surface area contributed by atoms with Crippen LogP contribution in [0.5, 0.6) is 0 Å². The van der Waals surface area contributed by atoms with Crippen LogP contribution in [-0.2, 0) is 11.3 Å². The summed E-state index contributed by atoms with van der Waals surface area (Å²) in [6.07, 6.45) is 9.91. The van der Waals surface area contributed by atoms with Gasteiger partial charge >= 0.3 is 5.97 Å². The molecule has 22 heavy (non-hydrogen) atoms. The van der Waals surface area contributed by atoms with Gasteiger partial charge in [-0.2, -0.15) is 0 Å². The molecular weight excluding hydrogens is 274 g/mol. The van der Waals surface area contributed by atoms with Crippen molar-refractivity contribution in [3.05, 3.63) is 35.9 Å². The zero-order chi connectivity index (χ0) is 15.6. The molecule has 1 aliphatic carbocycles. The summed E-state index contributed by atoms with van der Waals surface area (Å²) in [7, 11) is 0. The standard InChI is InChI=1S/C19H29NO2/c21-19(22)14-7-2-1-6-11-17-12-8-13-18(17)20-15-16-9-4-3-5-10-16/h3-5,9-10,17-18,20H,1-2,6-8,11-15H2,(H,21,22)/t17-,18-/m1/s1. The third kappa shape index (κ3) is 6.18. The number of unbranched alkanes of at least 4 members (excludes halogenated alkanes) is 3. The van der Waals surface area contributed by atoms with Gasteiger partial charge in [-0.1, -0.05) is 56.0 Å². The van der Waals surface area contributed by atoms with Crippen molar-refractivity contribution in [2.45, 2.75) is 70.4 Å². The number of hydrogen-bond acceptors (Lipinski definition) is 2. The van der Waals surface area contributed by atoms with E-state index < -0.39 is 5.97 Å². The third-order valence-electron chi connectivity index (χ3n) is 4.79. The highest BCUT2D eigenvalue weighted by molar-refractivity contribution is 5.66. The summed E-state index contributed by atoms with van der Waals surface area (Å²) in [5.74, 6) is 0.143. The Hall–Kier alpha value is -1.35. The van der Waals surface area contributed by atoms with Gasteiger partial charge in [0.05, 0.1) is 0 Å². The molecule has 3 nitrogen and oxygen atoms in total. The molecule has 0 aromatic heterocycles. The fourth-order valence-electron chi connectivity index (χ4n) is 3.53. The predicted octanol–water partition coefficient (Wildman–Crippen LogP) is 4.37. The summed E-state index contributed by atoms with van der Waals surface area (Å²) < 4.78 is 0. The zero-order valence-corrected chi connectivity index (χ0v) is 13.5. The second-order valence-corrected chi connectivity index (χ2v) is 6.51. The molecule has 2 atom stereocenters. The van der Waals surface area contributed by atoms with E-state index in [4.69, 9.17) is 5.11 Å². The predicted molar refractivity (Wildman–Crippen MR) is 89.7 cm³/mol. The largest absolute Gasteiger partial charge is 0.481 e. The Balaban J connectivity index is 1.60. The summed E-state index contributed by atoms with van der Waals surface area (Å²) in [4.78, 5) is 10.5. The quantitative estimate of drug-likeness (QED) is 0.631. The molecule has 1 fully saturated rings. The first-order valence-electron chi connectivity index (χ1n) is 8.75. The SMILES string of the molecule is O=C(O)CCCCCC[C@@H]1CCC[C@H]1NCc1ccccc1. The van der Waals surface area contributed by atoms with E-state index in [1.807, 2.05) is 0 Å². The second-order valence-electron chi connectivity index (χ2n) is 6.51. The molecule has 1 aromatic carbocycles. The highest BCUT2D eigenvalue weighted by Gasteiger charge is 2.25. The highest BCUT2D eigenvalue weighted by atomic mass is 16.4. The first-order valence-corrected chi connectivity index (χ1v) is 8.75. The van der Waals surface area contributed by atoms with E-state index in [1.54, 1.807) is 0 Å². The molecule has 0 spiro atoms. The summed E-state index contributed by atoms with van der Waals surface area (Å²) in [5.41, 5.74) is 1.36. The monoisotopic (exact) mass is 303 g/mol. The van der Waals surface area contributed by atoms with E-state index in [1.165, 1.54) is 44.1 Å². The zero-order valence-electron chi connectivity index (χ0n) is 13.5. The Kier molecular flexibility index (Phi) is 7.44. The van der Waals surface area contributed by atoms with Crippen LogP contribution >= 0.6 is 0 Å². The maximum Gasteiger partial charge on any atom is 0.303 e. The summed E-state index contributed by atoms with van der Waals surface area (Å²) in [5, 5.41) is 12.4. The number of aliphatic carboxylic acids is 1. The smallest absolute Gasteiger partial charge is 0.303 e. The van der Waals surface area contributed by atoms with E-state index in [0.717, 1.165) is 25.3 Å². The van der Waals surface area contributed by atoms with E-state index in [-0.39, 0.29) is 0 Å². The van der Waals surface area contributed by atoms with Gasteiger partial charge in [-0.25, -0.2) is 0 Å². The molecule has 0 saturated heterocycles. The molecule has 0 radical (unpaired) electrons. The van der Waals surface area contributed by atoms with Crippen molar-refractivity contribution >= 4 is 5.97 Å². The third-order valence-corrected chi connectivity index (χ3v) is 4.79. The van der Waals surface area contributed by atoms with Gasteiger partial charge in [-0.05, 0) is 37.2 Å². The van der Waals surface area contributed by atoms with Crippen molar-refractivity contribution in [1.82, 2.24) is 5.32 Å². The van der Waals surface area contributed by atoms with Crippen molar-refractivity contribution in [1.29, 1.82) is 0 Å². The lowest BCUT2D eigenvalue weighted by Gasteiger charge is -2.21. The van der Waals surface area contributed by atoms with Crippen molar-refractivity contribution in [2.75, 3.05) is 0 Å². The minimum absolute atomic E-state index is 0.324. The van der Waals surface area contributed by atoms with Crippen LogP contribution in [-0.4, -0.2) is 17.1 Å². The molecule has 0 amide bonds. The van der Waals surface area contributed by atoms with Crippen LogP contribution in [0.3, 0.4) is 0 Å².